The first kappa shape index (κ1) is 16.0. The Labute approximate surface area is 131 Å². The number of ether oxygens (including phenoxy) is 1. The third-order valence-electron chi connectivity index (χ3n) is 2.57. The van der Waals surface area contributed by atoms with Crippen LogP contribution < -0.4 is 5.32 Å². The zero-order valence-electron chi connectivity index (χ0n) is 12.5. The van der Waals surface area contributed by atoms with Crippen molar-refractivity contribution in [3.05, 3.63) is 46.5 Å². The van der Waals surface area contributed by atoms with E-state index in [4.69, 9.17) is 4.74 Å². The summed E-state index contributed by atoms with van der Waals surface area (Å²) in [5, 5.41) is 13.5. The van der Waals surface area contributed by atoms with Crippen LogP contribution >= 0.6 is 11.3 Å². The van der Waals surface area contributed by atoms with E-state index in [-0.39, 0.29) is 10.7 Å². The van der Waals surface area contributed by atoms with Crippen molar-refractivity contribution in [2.75, 3.05) is 5.32 Å². The lowest BCUT2D eigenvalue weighted by atomic mass is 10.2. The lowest BCUT2D eigenvalue weighted by molar-refractivity contribution is -0.379. The number of nitrogens with one attached hydrogen (secondary N) is 1. The van der Waals surface area contributed by atoms with Crippen molar-refractivity contribution in [1.29, 1.82) is 0 Å². The minimum Gasteiger partial charge on any atom is -0.444 e. The molecule has 0 aliphatic rings. The number of carbonyl (C=O) groups excluding carboxylic acids is 1. The Morgan fingerprint density at radius 3 is 2.45 bits per heavy atom. The number of anilines is 1. The van der Waals surface area contributed by atoms with Crippen LogP contribution in [0.3, 0.4) is 0 Å². The molecule has 116 valence electrons. The molecule has 0 bridgehead atoms. The summed E-state index contributed by atoms with van der Waals surface area (Å²) >= 11 is 1.01. The number of benzene rings is 1. The number of thiophene rings is 1. The summed E-state index contributed by atoms with van der Waals surface area (Å²) in [5.41, 5.74) is 0.327. The number of carbonyl (C=O) groups is 1. The van der Waals surface area contributed by atoms with Crippen molar-refractivity contribution in [2.45, 2.75) is 26.4 Å². The Morgan fingerprint density at radius 2 is 1.91 bits per heavy atom. The molecule has 0 spiro atoms. The van der Waals surface area contributed by atoms with E-state index >= 15 is 0 Å². The molecule has 1 heterocycles. The summed E-state index contributed by atoms with van der Waals surface area (Å²) in [4.78, 5) is 23.2. The van der Waals surface area contributed by atoms with Crippen molar-refractivity contribution in [3.63, 3.8) is 0 Å². The highest BCUT2D eigenvalue weighted by Gasteiger charge is 2.24. The van der Waals surface area contributed by atoms with Crippen LogP contribution in [0, 0.1) is 10.1 Å². The number of hydrogen-bond donors (Lipinski definition) is 1. The van der Waals surface area contributed by atoms with Gasteiger partial charge in [-0.25, -0.2) is 4.79 Å². The highest BCUT2D eigenvalue weighted by molar-refractivity contribution is 7.19. The molecule has 0 fully saturated rings. The zero-order valence-corrected chi connectivity index (χ0v) is 13.3. The number of hydrogen-bond acceptors (Lipinski definition) is 5. The maximum absolute atomic E-state index is 11.8. The van der Waals surface area contributed by atoms with E-state index in [1.165, 1.54) is 0 Å². The van der Waals surface area contributed by atoms with Gasteiger partial charge in [-0.1, -0.05) is 41.7 Å². The van der Waals surface area contributed by atoms with Crippen molar-refractivity contribution < 1.29 is 14.5 Å². The molecule has 2 rings (SSSR count). The maximum Gasteiger partial charge on any atom is 0.412 e. The number of nitrogens with zero attached hydrogens (tertiary/aromatic N) is 1. The third-order valence-corrected chi connectivity index (χ3v) is 3.71. The van der Waals surface area contributed by atoms with Gasteiger partial charge in [0.25, 0.3) is 0 Å². The minimum absolute atomic E-state index is 0.121. The minimum atomic E-state index is -0.715. The van der Waals surface area contributed by atoms with Gasteiger partial charge in [-0.15, -0.1) is 0 Å². The predicted molar refractivity (Wildman–Crippen MR) is 86.3 cm³/mol. The van der Waals surface area contributed by atoms with Crippen LogP contribution in [0.25, 0.3) is 10.4 Å². The normalized spacial score (nSPS) is 11.0. The summed E-state index contributed by atoms with van der Waals surface area (Å²) < 4.78 is 5.12. The molecule has 0 radical (unpaired) electrons. The van der Waals surface area contributed by atoms with Gasteiger partial charge in [0.15, 0.2) is 0 Å². The third kappa shape index (κ3) is 4.05. The van der Waals surface area contributed by atoms with E-state index in [0.717, 1.165) is 16.9 Å². The van der Waals surface area contributed by atoms with Gasteiger partial charge in [-0.3, -0.25) is 15.4 Å². The molecule has 0 unspecified atom stereocenters. The van der Waals surface area contributed by atoms with Gasteiger partial charge in [0, 0.05) is 4.88 Å². The quantitative estimate of drug-likeness (QED) is 0.658. The van der Waals surface area contributed by atoms with Crippen molar-refractivity contribution in [1.82, 2.24) is 0 Å². The van der Waals surface area contributed by atoms with Gasteiger partial charge >= 0.3 is 11.1 Å². The Morgan fingerprint density at radius 1 is 1.27 bits per heavy atom. The average Bonchev–Trinajstić information content (AvgIpc) is 2.81. The second kappa shape index (κ2) is 6.15. The van der Waals surface area contributed by atoms with Crippen LogP contribution in [-0.2, 0) is 4.74 Å². The number of nitro groups is 1. The molecule has 0 aliphatic carbocycles. The fourth-order valence-electron chi connectivity index (χ4n) is 1.76. The van der Waals surface area contributed by atoms with Gasteiger partial charge in [0.2, 0.25) is 0 Å². The van der Waals surface area contributed by atoms with E-state index in [1.54, 1.807) is 26.8 Å². The fraction of sp³-hybridized carbons (Fsp3) is 0.267. The molecule has 0 saturated heterocycles. The molecule has 1 amide bonds. The summed E-state index contributed by atoms with van der Waals surface area (Å²) in [6, 6.07) is 10.9. The van der Waals surface area contributed by atoms with Crippen LogP contribution in [0.1, 0.15) is 20.8 Å². The summed E-state index contributed by atoms with van der Waals surface area (Å²) in [5.74, 6) is 0. The van der Waals surface area contributed by atoms with Crippen LogP contribution in [-0.4, -0.2) is 16.6 Å². The Bertz CT molecular complexity index is 689. The second-order valence-electron chi connectivity index (χ2n) is 5.58. The fourth-order valence-corrected chi connectivity index (χ4v) is 2.70. The monoisotopic (exact) mass is 320 g/mol. The molecule has 1 aromatic carbocycles. The van der Waals surface area contributed by atoms with Crippen LogP contribution in [0.4, 0.5) is 15.5 Å². The average molecular weight is 320 g/mol. The van der Waals surface area contributed by atoms with E-state index in [1.807, 2.05) is 30.3 Å². The van der Waals surface area contributed by atoms with Crippen molar-refractivity contribution in [3.8, 4) is 10.4 Å². The summed E-state index contributed by atoms with van der Waals surface area (Å²) in [6.45, 7) is 5.18. The highest BCUT2D eigenvalue weighted by Crippen LogP contribution is 2.40. The second-order valence-corrected chi connectivity index (χ2v) is 6.61. The largest absolute Gasteiger partial charge is 0.444 e. The molecule has 22 heavy (non-hydrogen) atoms. The van der Waals surface area contributed by atoms with Crippen LogP contribution in [0.2, 0.25) is 0 Å². The van der Waals surface area contributed by atoms with Gasteiger partial charge in [-0.2, -0.15) is 0 Å². The van der Waals surface area contributed by atoms with E-state index in [9.17, 15) is 14.9 Å². The lowest BCUT2D eigenvalue weighted by Crippen LogP contribution is -2.27. The summed E-state index contributed by atoms with van der Waals surface area (Å²) in [6.07, 6.45) is -0.715. The van der Waals surface area contributed by atoms with E-state index < -0.39 is 16.6 Å². The smallest absolute Gasteiger partial charge is 0.412 e. The molecule has 2 aromatic rings. The van der Waals surface area contributed by atoms with Gasteiger partial charge < -0.3 is 4.74 Å². The predicted octanol–water partition coefficient (Wildman–Crippen LogP) is 4.67. The lowest BCUT2D eigenvalue weighted by Gasteiger charge is -2.19. The topological polar surface area (TPSA) is 81.5 Å². The molecular formula is C15H16N2O4S. The van der Waals surface area contributed by atoms with Crippen molar-refractivity contribution in [2.24, 2.45) is 0 Å². The van der Waals surface area contributed by atoms with Crippen LogP contribution in [0.5, 0.6) is 0 Å². The van der Waals surface area contributed by atoms with E-state index in [2.05, 4.69) is 5.32 Å². The van der Waals surface area contributed by atoms with Gasteiger partial charge in [-0.05, 0) is 32.4 Å². The molecule has 6 nitrogen and oxygen atoms in total. The molecule has 0 atom stereocenters. The number of amides is 1. The van der Waals surface area contributed by atoms with Gasteiger partial charge in [0.1, 0.15) is 11.3 Å². The SMILES string of the molecule is CC(C)(C)OC(=O)Nc1cc(-c2ccccc2)sc1[N+](=O)[O-]. The Kier molecular flexibility index (Phi) is 4.46. The molecule has 1 aromatic heterocycles. The Balaban J connectivity index is 2.29. The zero-order chi connectivity index (χ0) is 16.3. The molecule has 7 heteroatoms. The molecule has 0 saturated carbocycles. The van der Waals surface area contributed by atoms with E-state index in [0.29, 0.717) is 4.88 Å². The maximum atomic E-state index is 11.8. The first-order valence-electron chi connectivity index (χ1n) is 6.60. The highest BCUT2D eigenvalue weighted by atomic mass is 32.1. The molecular weight excluding hydrogens is 304 g/mol. The van der Waals surface area contributed by atoms with Crippen molar-refractivity contribution >= 4 is 28.1 Å². The number of rotatable bonds is 3. The Hall–Kier alpha value is -2.41. The van der Waals surface area contributed by atoms with Gasteiger partial charge in [0.05, 0.1) is 4.92 Å². The first-order valence-corrected chi connectivity index (χ1v) is 7.41. The standard InChI is InChI=1S/C15H16N2O4S/c1-15(2,3)21-14(18)16-11-9-12(22-13(11)17(19)20)10-7-5-4-6-8-10/h4-9H,1-3H3,(H,16,18). The first-order chi connectivity index (χ1) is 10.3. The summed E-state index contributed by atoms with van der Waals surface area (Å²) in [7, 11) is 0. The molecule has 0 aliphatic heterocycles. The molecule has 1 N–H and O–H groups in total. The van der Waals surface area contributed by atoms with Crippen LogP contribution in [0.15, 0.2) is 36.4 Å².